The van der Waals surface area contributed by atoms with Crippen molar-refractivity contribution < 1.29 is 21.6 Å². The van der Waals surface area contributed by atoms with Crippen molar-refractivity contribution in [1.82, 2.24) is 10.0 Å². The monoisotopic (exact) mass is 316 g/mol. The fourth-order valence-corrected chi connectivity index (χ4v) is 3.50. The highest BCUT2D eigenvalue weighted by molar-refractivity contribution is 7.89. The molecule has 1 heterocycles. The van der Waals surface area contributed by atoms with Gasteiger partial charge in [0.05, 0.1) is 4.90 Å². The molecule has 4 nitrogen and oxygen atoms in total. The van der Waals surface area contributed by atoms with Crippen molar-refractivity contribution in [2.24, 2.45) is 0 Å². The number of nitrogens with one attached hydrogen (secondary N) is 2. The van der Waals surface area contributed by atoms with Crippen LogP contribution in [0.15, 0.2) is 16.3 Å². The Balaban J connectivity index is 2.64. The molecule has 0 aliphatic carbocycles. The maximum Gasteiger partial charge on any atom is 0.402 e. The first-order valence-electron chi connectivity index (χ1n) is 5.59. The van der Waals surface area contributed by atoms with Gasteiger partial charge in [0.2, 0.25) is 10.0 Å². The Kier molecular flexibility index (Phi) is 5.78. The van der Waals surface area contributed by atoms with E-state index in [1.54, 1.807) is 0 Å². The number of rotatable bonds is 7. The molecule has 0 bridgehead atoms. The Bertz CT molecular complexity index is 497. The van der Waals surface area contributed by atoms with E-state index in [4.69, 9.17) is 0 Å². The topological polar surface area (TPSA) is 58.2 Å². The van der Waals surface area contributed by atoms with E-state index in [1.165, 1.54) is 27.5 Å². The molecule has 0 spiro atoms. The van der Waals surface area contributed by atoms with E-state index in [-0.39, 0.29) is 4.90 Å². The predicted molar refractivity (Wildman–Crippen MR) is 67.6 cm³/mol. The van der Waals surface area contributed by atoms with Gasteiger partial charge in [0.1, 0.15) is 6.54 Å². The third-order valence-corrected chi connectivity index (χ3v) is 4.60. The maximum absolute atomic E-state index is 12.0. The van der Waals surface area contributed by atoms with Crippen LogP contribution in [-0.2, 0) is 16.6 Å². The lowest BCUT2D eigenvalue weighted by atomic mass is 10.4. The molecule has 0 fully saturated rings. The Morgan fingerprint density at radius 3 is 2.63 bits per heavy atom. The highest BCUT2D eigenvalue weighted by Gasteiger charge is 2.30. The summed E-state index contributed by atoms with van der Waals surface area (Å²) in [6, 6.07) is 1.38. The van der Waals surface area contributed by atoms with Crippen LogP contribution < -0.4 is 10.0 Å². The lowest BCUT2D eigenvalue weighted by Gasteiger charge is -2.07. The fraction of sp³-hybridized carbons (Fsp3) is 0.600. The molecular formula is C10H15F3N2O2S2. The maximum atomic E-state index is 12.0. The lowest BCUT2D eigenvalue weighted by Crippen LogP contribution is -2.33. The van der Waals surface area contributed by atoms with Crippen LogP contribution in [0.4, 0.5) is 13.2 Å². The lowest BCUT2D eigenvalue weighted by molar-refractivity contribution is -0.121. The first-order valence-corrected chi connectivity index (χ1v) is 7.95. The summed E-state index contributed by atoms with van der Waals surface area (Å²) in [5.41, 5.74) is 0. The number of hydrogen-bond donors (Lipinski definition) is 2. The molecule has 110 valence electrons. The summed E-state index contributed by atoms with van der Waals surface area (Å²) in [6.45, 7) is 1.74. The Morgan fingerprint density at radius 2 is 2.05 bits per heavy atom. The van der Waals surface area contributed by atoms with Crippen molar-refractivity contribution in [2.75, 3.05) is 13.1 Å². The van der Waals surface area contributed by atoms with Gasteiger partial charge in [-0.2, -0.15) is 13.2 Å². The van der Waals surface area contributed by atoms with Crippen LogP contribution in [-0.4, -0.2) is 27.7 Å². The molecule has 1 aromatic heterocycles. The molecule has 19 heavy (non-hydrogen) atoms. The number of sulfonamides is 1. The molecule has 1 rings (SSSR count). The molecular weight excluding hydrogens is 301 g/mol. The van der Waals surface area contributed by atoms with Crippen molar-refractivity contribution in [1.29, 1.82) is 0 Å². The van der Waals surface area contributed by atoms with Gasteiger partial charge in [0.25, 0.3) is 0 Å². The van der Waals surface area contributed by atoms with Gasteiger partial charge in [0, 0.05) is 16.8 Å². The zero-order valence-corrected chi connectivity index (χ0v) is 11.9. The molecule has 1 aromatic rings. The third-order valence-electron chi connectivity index (χ3n) is 2.13. The average molecular weight is 316 g/mol. The normalized spacial score (nSPS) is 12.8. The minimum absolute atomic E-state index is 0.130. The second-order valence-electron chi connectivity index (χ2n) is 3.87. The van der Waals surface area contributed by atoms with Gasteiger partial charge in [-0.1, -0.05) is 6.92 Å². The van der Waals surface area contributed by atoms with E-state index in [0.29, 0.717) is 6.54 Å². The fourth-order valence-electron chi connectivity index (χ4n) is 1.24. The number of alkyl halides is 3. The predicted octanol–water partition coefficient (Wildman–Crippen LogP) is 2.09. The molecule has 0 amide bonds. The number of hydrogen-bond acceptors (Lipinski definition) is 4. The van der Waals surface area contributed by atoms with E-state index in [9.17, 15) is 21.6 Å². The van der Waals surface area contributed by atoms with E-state index >= 15 is 0 Å². The highest BCUT2D eigenvalue weighted by atomic mass is 32.2. The summed E-state index contributed by atoms with van der Waals surface area (Å²) >= 11 is 1.20. The summed E-state index contributed by atoms with van der Waals surface area (Å²) in [6.07, 6.45) is -3.61. The summed E-state index contributed by atoms with van der Waals surface area (Å²) in [7, 11) is -4.09. The van der Waals surface area contributed by atoms with Crippen LogP contribution in [0.25, 0.3) is 0 Å². The second kappa shape index (κ2) is 6.69. The van der Waals surface area contributed by atoms with Crippen molar-refractivity contribution in [3.8, 4) is 0 Å². The minimum Gasteiger partial charge on any atom is -0.312 e. The van der Waals surface area contributed by atoms with Crippen LogP contribution >= 0.6 is 11.3 Å². The summed E-state index contributed by atoms with van der Waals surface area (Å²) in [4.78, 5) is 0.635. The molecule has 0 atom stereocenters. The van der Waals surface area contributed by atoms with Crippen LogP contribution in [0.1, 0.15) is 18.2 Å². The van der Waals surface area contributed by atoms with Gasteiger partial charge in [-0.15, -0.1) is 11.3 Å². The largest absolute Gasteiger partial charge is 0.402 e. The number of thiophene rings is 1. The minimum atomic E-state index is -4.56. The van der Waals surface area contributed by atoms with Gasteiger partial charge in [-0.05, 0) is 19.0 Å². The van der Waals surface area contributed by atoms with Gasteiger partial charge >= 0.3 is 6.18 Å². The van der Waals surface area contributed by atoms with Gasteiger partial charge in [0.15, 0.2) is 0 Å². The van der Waals surface area contributed by atoms with Crippen molar-refractivity contribution in [3.05, 3.63) is 16.3 Å². The Morgan fingerprint density at radius 1 is 1.37 bits per heavy atom. The zero-order valence-electron chi connectivity index (χ0n) is 10.3. The van der Waals surface area contributed by atoms with Crippen LogP contribution in [0.5, 0.6) is 0 Å². The molecule has 0 aliphatic rings. The van der Waals surface area contributed by atoms with Gasteiger partial charge < -0.3 is 5.32 Å². The van der Waals surface area contributed by atoms with E-state index in [2.05, 4.69) is 5.32 Å². The molecule has 9 heteroatoms. The quantitative estimate of drug-likeness (QED) is 0.757. The molecule has 0 aromatic carbocycles. The van der Waals surface area contributed by atoms with Crippen LogP contribution in [0.3, 0.4) is 0 Å². The Labute approximate surface area is 114 Å². The average Bonchev–Trinajstić information content (AvgIpc) is 2.76. The standard InChI is InChI=1S/C10H15F3N2O2S2/c1-2-3-14-5-8-4-9(6-18-8)19(16,17)15-7-10(11,12)13/h4,6,14-15H,2-3,5,7H2,1H3. The summed E-state index contributed by atoms with van der Waals surface area (Å²) in [5.74, 6) is 0. The molecule has 0 radical (unpaired) electrons. The van der Waals surface area contributed by atoms with Crippen molar-refractivity contribution in [3.63, 3.8) is 0 Å². The zero-order chi connectivity index (χ0) is 14.5. The molecule has 0 unspecified atom stereocenters. The van der Waals surface area contributed by atoms with E-state index in [1.807, 2.05) is 6.92 Å². The van der Waals surface area contributed by atoms with E-state index in [0.717, 1.165) is 17.8 Å². The SMILES string of the molecule is CCCNCc1cc(S(=O)(=O)NCC(F)(F)F)cs1. The van der Waals surface area contributed by atoms with Crippen molar-refractivity contribution >= 4 is 21.4 Å². The third kappa shape index (κ3) is 5.89. The molecule has 0 aliphatic heterocycles. The Hall–Kier alpha value is -0.640. The van der Waals surface area contributed by atoms with Gasteiger partial charge in [-0.25, -0.2) is 13.1 Å². The van der Waals surface area contributed by atoms with E-state index < -0.39 is 22.7 Å². The molecule has 2 N–H and O–H groups in total. The first kappa shape index (κ1) is 16.4. The molecule has 0 saturated carbocycles. The number of halogens is 3. The van der Waals surface area contributed by atoms with Gasteiger partial charge in [-0.3, -0.25) is 0 Å². The first-order chi connectivity index (χ1) is 8.74. The van der Waals surface area contributed by atoms with Crippen molar-refractivity contribution in [2.45, 2.75) is 31.0 Å². The highest BCUT2D eigenvalue weighted by Crippen LogP contribution is 2.20. The van der Waals surface area contributed by atoms with Crippen LogP contribution in [0.2, 0.25) is 0 Å². The summed E-state index contributed by atoms with van der Waals surface area (Å²) in [5, 5.41) is 4.42. The molecule has 0 saturated heterocycles. The van der Waals surface area contributed by atoms with Crippen LogP contribution in [0, 0.1) is 0 Å². The summed E-state index contributed by atoms with van der Waals surface area (Å²) < 4.78 is 60.7. The smallest absolute Gasteiger partial charge is 0.312 e. The second-order valence-corrected chi connectivity index (χ2v) is 6.63.